The molecule has 0 bridgehead atoms. The molecule has 0 radical (unpaired) electrons. The van der Waals surface area contributed by atoms with Gasteiger partial charge in [-0.25, -0.2) is 0 Å². The van der Waals surface area contributed by atoms with E-state index in [1.807, 2.05) is 0 Å². The smallest absolute Gasteiger partial charge is 0.213 e. The summed E-state index contributed by atoms with van der Waals surface area (Å²) < 4.78 is 4.71. The molecule has 1 heterocycles. The molecule has 108 valence electrons. The first-order chi connectivity index (χ1) is 9.79. The zero-order chi connectivity index (χ0) is 14.2. The fourth-order valence-corrected chi connectivity index (χ4v) is 2.17. The van der Waals surface area contributed by atoms with E-state index in [2.05, 4.69) is 53.6 Å². The Kier molecular flexibility index (Phi) is 5.74. The highest BCUT2D eigenvalue weighted by Crippen LogP contribution is 2.14. The molecule has 0 amide bonds. The number of unbranched alkanes of at least 4 members (excludes halogenated alkanes) is 1. The molecule has 0 aliphatic heterocycles. The first kappa shape index (κ1) is 14.7. The van der Waals surface area contributed by atoms with Crippen molar-refractivity contribution >= 4 is 0 Å². The summed E-state index contributed by atoms with van der Waals surface area (Å²) in [5, 5.41) is 7.28. The zero-order valence-corrected chi connectivity index (χ0v) is 12.3. The fraction of sp³-hybridized carbons (Fsp3) is 0.500. The Morgan fingerprint density at radius 2 is 2.00 bits per heavy atom. The minimum atomic E-state index is 0.335. The molecule has 4 nitrogen and oxygen atoms in total. The topological polar surface area (TPSA) is 51.0 Å². The predicted molar refractivity (Wildman–Crippen MR) is 79.5 cm³/mol. The monoisotopic (exact) mass is 273 g/mol. The summed E-state index contributed by atoms with van der Waals surface area (Å²) in [5.41, 5.74) is 2.74. The van der Waals surface area contributed by atoms with Crippen LogP contribution in [-0.2, 0) is 12.8 Å². The number of nitrogens with one attached hydrogen (secondary N) is 1. The second-order valence-corrected chi connectivity index (χ2v) is 5.12. The maximum atomic E-state index is 4.71. The second kappa shape index (κ2) is 7.80. The molecule has 0 fully saturated rings. The molecular formula is C16H23N3O. The van der Waals surface area contributed by atoms with Crippen LogP contribution in [0.15, 0.2) is 35.2 Å². The highest BCUT2D eigenvalue weighted by atomic mass is 16.5. The number of aromatic nitrogens is 2. The average molecular weight is 273 g/mol. The number of nitrogens with zero attached hydrogens (tertiary/aromatic N) is 2. The van der Waals surface area contributed by atoms with Crippen LogP contribution in [-0.4, -0.2) is 16.7 Å². The van der Waals surface area contributed by atoms with Gasteiger partial charge in [0.05, 0.1) is 0 Å². The molecule has 1 aromatic carbocycles. The molecule has 0 aliphatic rings. The van der Waals surface area contributed by atoms with Crippen LogP contribution in [0, 0.1) is 0 Å². The molecule has 2 rings (SSSR count). The van der Waals surface area contributed by atoms with Gasteiger partial charge < -0.3 is 9.84 Å². The number of rotatable bonds is 8. The van der Waals surface area contributed by atoms with E-state index in [1.165, 1.54) is 36.8 Å². The molecular weight excluding hydrogens is 250 g/mol. The molecule has 0 aliphatic carbocycles. The van der Waals surface area contributed by atoms with Crippen molar-refractivity contribution in [2.24, 2.45) is 0 Å². The maximum absolute atomic E-state index is 4.71. The lowest BCUT2D eigenvalue weighted by atomic mass is 10.0. The molecule has 1 aromatic heterocycles. The predicted octanol–water partition coefficient (Wildman–Crippen LogP) is 3.31. The number of hydrogen-bond donors (Lipinski definition) is 1. The van der Waals surface area contributed by atoms with Gasteiger partial charge in [-0.1, -0.05) is 42.8 Å². The Morgan fingerprint density at radius 3 is 2.65 bits per heavy atom. The first-order valence-corrected chi connectivity index (χ1v) is 7.37. The van der Waals surface area contributed by atoms with Crippen LogP contribution in [0.4, 0.5) is 0 Å². The fourth-order valence-electron chi connectivity index (χ4n) is 2.17. The molecule has 4 heteroatoms. The molecule has 2 aromatic rings. The third-order valence-electron chi connectivity index (χ3n) is 3.50. The van der Waals surface area contributed by atoms with E-state index in [0.717, 1.165) is 18.8 Å². The molecule has 1 unspecified atom stereocenters. The van der Waals surface area contributed by atoms with Gasteiger partial charge in [-0.15, -0.1) is 0 Å². The lowest BCUT2D eigenvalue weighted by molar-refractivity contribution is 0.408. The lowest BCUT2D eigenvalue weighted by Gasteiger charge is -2.14. The van der Waals surface area contributed by atoms with E-state index < -0.39 is 0 Å². The summed E-state index contributed by atoms with van der Waals surface area (Å²) in [6.07, 6.45) is 5.84. The van der Waals surface area contributed by atoms with Gasteiger partial charge >= 0.3 is 0 Å². The van der Waals surface area contributed by atoms with Crippen molar-refractivity contribution in [3.8, 4) is 0 Å². The zero-order valence-electron chi connectivity index (χ0n) is 12.3. The summed E-state index contributed by atoms with van der Waals surface area (Å²) in [4.78, 5) is 4.01. The van der Waals surface area contributed by atoms with Crippen molar-refractivity contribution in [2.45, 2.75) is 45.6 Å². The molecule has 0 saturated carbocycles. The van der Waals surface area contributed by atoms with E-state index in [9.17, 15) is 0 Å². The average Bonchev–Trinajstić information content (AvgIpc) is 2.99. The third-order valence-corrected chi connectivity index (χ3v) is 3.50. The van der Waals surface area contributed by atoms with E-state index >= 15 is 0 Å². The van der Waals surface area contributed by atoms with Gasteiger partial charge in [0.15, 0.2) is 5.82 Å². The van der Waals surface area contributed by atoms with E-state index in [-0.39, 0.29) is 0 Å². The summed E-state index contributed by atoms with van der Waals surface area (Å²) in [6, 6.07) is 9.25. The summed E-state index contributed by atoms with van der Waals surface area (Å²) in [7, 11) is 0. The van der Waals surface area contributed by atoms with Crippen molar-refractivity contribution in [3.63, 3.8) is 0 Å². The lowest BCUT2D eigenvalue weighted by Crippen LogP contribution is -2.21. The SMILES string of the molecule is CCCCc1ccc(C(C)NCCc2ncon2)cc1. The van der Waals surface area contributed by atoms with Crippen molar-refractivity contribution < 1.29 is 4.52 Å². The van der Waals surface area contributed by atoms with Gasteiger partial charge in [-0.05, 0) is 30.9 Å². The largest absolute Gasteiger partial charge is 0.343 e. The third kappa shape index (κ3) is 4.46. The van der Waals surface area contributed by atoms with E-state index in [0.29, 0.717) is 6.04 Å². The first-order valence-electron chi connectivity index (χ1n) is 7.37. The van der Waals surface area contributed by atoms with Crippen molar-refractivity contribution in [2.75, 3.05) is 6.54 Å². The minimum Gasteiger partial charge on any atom is -0.343 e. The number of benzene rings is 1. The van der Waals surface area contributed by atoms with E-state index in [1.54, 1.807) is 0 Å². The van der Waals surface area contributed by atoms with Crippen LogP contribution in [0.25, 0.3) is 0 Å². The summed E-state index contributed by atoms with van der Waals surface area (Å²) >= 11 is 0. The standard InChI is InChI=1S/C16H23N3O/c1-3-4-5-14-6-8-15(9-7-14)13(2)17-11-10-16-18-12-20-19-16/h6-9,12-13,17H,3-5,10-11H2,1-2H3. The highest BCUT2D eigenvalue weighted by Gasteiger charge is 2.05. The van der Waals surface area contributed by atoms with Crippen LogP contribution in [0.3, 0.4) is 0 Å². The highest BCUT2D eigenvalue weighted by molar-refractivity contribution is 5.24. The Labute approximate surface area is 120 Å². The molecule has 1 N–H and O–H groups in total. The van der Waals surface area contributed by atoms with Crippen molar-refractivity contribution in [1.82, 2.24) is 15.5 Å². The Hall–Kier alpha value is -1.68. The molecule has 0 saturated heterocycles. The van der Waals surface area contributed by atoms with Crippen LogP contribution >= 0.6 is 0 Å². The van der Waals surface area contributed by atoms with Crippen LogP contribution in [0.5, 0.6) is 0 Å². The molecule has 1 atom stereocenters. The molecule has 0 spiro atoms. The van der Waals surface area contributed by atoms with Crippen molar-refractivity contribution in [1.29, 1.82) is 0 Å². The van der Waals surface area contributed by atoms with Gasteiger partial charge in [0.1, 0.15) is 0 Å². The van der Waals surface area contributed by atoms with Crippen molar-refractivity contribution in [3.05, 3.63) is 47.6 Å². The normalized spacial score (nSPS) is 12.5. The van der Waals surface area contributed by atoms with Gasteiger partial charge in [-0.3, -0.25) is 0 Å². The number of aryl methyl sites for hydroxylation is 1. The van der Waals surface area contributed by atoms with Crippen LogP contribution in [0.1, 0.15) is 49.7 Å². The second-order valence-electron chi connectivity index (χ2n) is 5.12. The summed E-state index contributed by atoms with van der Waals surface area (Å²) in [5.74, 6) is 0.750. The summed E-state index contributed by atoms with van der Waals surface area (Å²) in [6.45, 7) is 5.25. The van der Waals surface area contributed by atoms with Gasteiger partial charge in [-0.2, -0.15) is 4.98 Å². The van der Waals surface area contributed by atoms with E-state index in [4.69, 9.17) is 4.52 Å². The number of hydrogen-bond acceptors (Lipinski definition) is 4. The maximum Gasteiger partial charge on any atom is 0.213 e. The van der Waals surface area contributed by atoms with Gasteiger partial charge in [0.2, 0.25) is 6.39 Å². The Bertz CT molecular complexity index is 479. The van der Waals surface area contributed by atoms with Gasteiger partial charge in [0.25, 0.3) is 0 Å². The quantitative estimate of drug-likeness (QED) is 0.801. The van der Waals surface area contributed by atoms with Gasteiger partial charge in [0, 0.05) is 19.0 Å². The Balaban J connectivity index is 1.78. The minimum absolute atomic E-state index is 0.335. The van der Waals surface area contributed by atoms with Crippen LogP contribution < -0.4 is 5.32 Å². The molecule has 20 heavy (non-hydrogen) atoms. The van der Waals surface area contributed by atoms with Crippen LogP contribution in [0.2, 0.25) is 0 Å². The Morgan fingerprint density at radius 1 is 1.20 bits per heavy atom.